The maximum Gasteiger partial charge on any atom is 0.267 e. The van der Waals surface area contributed by atoms with Crippen molar-refractivity contribution in [2.75, 3.05) is 11.9 Å². The fourth-order valence-electron chi connectivity index (χ4n) is 2.52. The molecule has 1 saturated carbocycles. The second kappa shape index (κ2) is 6.36. The summed E-state index contributed by atoms with van der Waals surface area (Å²) in [6, 6.07) is 0. The highest BCUT2D eigenvalue weighted by atomic mass is 79.9. The summed E-state index contributed by atoms with van der Waals surface area (Å²) in [5.74, 6) is 2.37. The molecule has 0 unspecified atom stereocenters. The van der Waals surface area contributed by atoms with Gasteiger partial charge in [-0.2, -0.15) is 0 Å². The molecule has 5 heteroatoms. The third kappa shape index (κ3) is 3.57. The van der Waals surface area contributed by atoms with Crippen LogP contribution in [0.15, 0.2) is 15.6 Å². The Balaban J connectivity index is 1.78. The lowest BCUT2D eigenvalue weighted by Crippen LogP contribution is -2.17. The molecule has 1 fully saturated rings. The van der Waals surface area contributed by atoms with Crippen LogP contribution in [-0.4, -0.2) is 16.5 Å². The highest BCUT2D eigenvalue weighted by molar-refractivity contribution is 9.10. The van der Waals surface area contributed by atoms with Gasteiger partial charge in [-0.15, -0.1) is 0 Å². The topological polar surface area (TPSA) is 57.8 Å². The minimum atomic E-state index is -0.140. The van der Waals surface area contributed by atoms with Crippen LogP contribution < -0.4 is 10.9 Å². The first-order chi connectivity index (χ1) is 8.66. The molecule has 1 aliphatic rings. The molecule has 0 spiro atoms. The first-order valence-corrected chi connectivity index (χ1v) is 7.43. The number of H-pyrrole nitrogens is 1. The third-order valence-electron chi connectivity index (χ3n) is 3.78. The van der Waals surface area contributed by atoms with E-state index in [4.69, 9.17) is 0 Å². The van der Waals surface area contributed by atoms with Gasteiger partial charge in [0.2, 0.25) is 0 Å². The number of aromatic nitrogens is 2. The highest BCUT2D eigenvalue weighted by Crippen LogP contribution is 2.30. The lowest BCUT2D eigenvalue weighted by molar-refractivity contribution is 0.282. The van der Waals surface area contributed by atoms with Gasteiger partial charge in [-0.25, -0.2) is 4.98 Å². The Morgan fingerprint density at radius 1 is 1.44 bits per heavy atom. The van der Waals surface area contributed by atoms with Gasteiger partial charge in [-0.05, 0) is 34.2 Å². The quantitative estimate of drug-likeness (QED) is 0.897. The molecule has 100 valence electrons. The molecule has 1 heterocycles. The average molecular weight is 314 g/mol. The SMILES string of the molecule is CC1CCC(CCNc2nc[nH]c(=O)c2Br)CC1. The van der Waals surface area contributed by atoms with Gasteiger partial charge in [0, 0.05) is 6.54 Å². The zero-order valence-corrected chi connectivity index (χ0v) is 12.3. The van der Waals surface area contributed by atoms with Gasteiger partial charge >= 0.3 is 0 Å². The van der Waals surface area contributed by atoms with Crippen molar-refractivity contribution in [3.05, 3.63) is 21.2 Å². The summed E-state index contributed by atoms with van der Waals surface area (Å²) < 4.78 is 0.488. The molecule has 0 saturated heterocycles. The third-order valence-corrected chi connectivity index (χ3v) is 4.51. The molecule has 0 aromatic carbocycles. The van der Waals surface area contributed by atoms with Crippen LogP contribution in [-0.2, 0) is 0 Å². The van der Waals surface area contributed by atoms with Gasteiger partial charge in [0.05, 0.1) is 6.33 Å². The molecular formula is C13H20BrN3O. The van der Waals surface area contributed by atoms with Crippen LogP contribution in [0.1, 0.15) is 39.0 Å². The van der Waals surface area contributed by atoms with Crippen LogP contribution in [0.3, 0.4) is 0 Å². The van der Waals surface area contributed by atoms with E-state index in [0.717, 1.165) is 24.8 Å². The molecule has 0 aliphatic heterocycles. The maximum absolute atomic E-state index is 11.4. The van der Waals surface area contributed by atoms with Gasteiger partial charge < -0.3 is 10.3 Å². The summed E-state index contributed by atoms with van der Waals surface area (Å²) in [6.45, 7) is 3.22. The van der Waals surface area contributed by atoms with Crippen molar-refractivity contribution in [3.63, 3.8) is 0 Å². The zero-order chi connectivity index (χ0) is 13.0. The number of aromatic amines is 1. The normalized spacial score (nSPS) is 23.9. The molecule has 2 N–H and O–H groups in total. The van der Waals surface area contributed by atoms with Crippen LogP contribution in [0, 0.1) is 11.8 Å². The van der Waals surface area contributed by atoms with Gasteiger partial charge in [-0.1, -0.05) is 32.6 Å². The second-order valence-corrected chi connectivity index (χ2v) is 6.03. The molecule has 1 aliphatic carbocycles. The van der Waals surface area contributed by atoms with Gasteiger partial charge in [0.15, 0.2) is 0 Å². The minimum absolute atomic E-state index is 0.140. The Morgan fingerprint density at radius 2 is 2.17 bits per heavy atom. The molecule has 1 aromatic heterocycles. The Labute approximate surface area is 116 Å². The summed E-state index contributed by atoms with van der Waals surface area (Å²) in [6.07, 6.45) is 7.99. The van der Waals surface area contributed by atoms with E-state index in [1.165, 1.54) is 32.0 Å². The fraction of sp³-hybridized carbons (Fsp3) is 0.692. The minimum Gasteiger partial charge on any atom is -0.369 e. The van der Waals surface area contributed by atoms with E-state index < -0.39 is 0 Å². The lowest BCUT2D eigenvalue weighted by Gasteiger charge is -2.26. The standard InChI is InChI=1S/C13H20BrN3O/c1-9-2-4-10(5-3-9)6-7-15-12-11(14)13(18)17-8-16-12/h8-10H,2-7H2,1H3,(H2,15,16,17,18). The van der Waals surface area contributed by atoms with Crippen molar-refractivity contribution in [1.29, 1.82) is 0 Å². The number of anilines is 1. The van der Waals surface area contributed by atoms with Gasteiger partial charge in [0.25, 0.3) is 5.56 Å². The molecule has 2 rings (SSSR count). The first kappa shape index (κ1) is 13.6. The van der Waals surface area contributed by atoms with E-state index in [2.05, 4.69) is 38.1 Å². The van der Waals surface area contributed by atoms with Crippen LogP contribution >= 0.6 is 15.9 Å². The Kier molecular flexibility index (Phi) is 4.80. The zero-order valence-electron chi connectivity index (χ0n) is 10.7. The highest BCUT2D eigenvalue weighted by Gasteiger charge is 2.17. The van der Waals surface area contributed by atoms with Gasteiger partial charge in [-0.3, -0.25) is 4.79 Å². The van der Waals surface area contributed by atoms with E-state index in [1.54, 1.807) is 0 Å². The smallest absolute Gasteiger partial charge is 0.267 e. The Bertz CT molecular complexity index is 438. The predicted octanol–water partition coefficient (Wildman–Crippen LogP) is 3.16. The average Bonchev–Trinajstić information content (AvgIpc) is 2.37. The molecule has 0 amide bonds. The molecular weight excluding hydrogens is 294 g/mol. The summed E-state index contributed by atoms with van der Waals surface area (Å²) in [7, 11) is 0. The molecule has 0 bridgehead atoms. The van der Waals surface area contributed by atoms with Crippen molar-refractivity contribution in [2.45, 2.75) is 39.0 Å². The molecule has 4 nitrogen and oxygen atoms in total. The van der Waals surface area contributed by atoms with E-state index >= 15 is 0 Å². The maximum atomic E-state index is 11.4. The fourth-order valence-corrected chi connectivity index (χ4v) is 2.88. The van der Waals surface area contributed by atoms with Crippen molar-refractivity contribution in [2.24, 2.45) is 11.8 Å². The second-order valence-electron chi connectivity index (χ2n) is 5.24. The van der Waals surface area contributed by atoms with Crippen LogP contribution in [0.5, 0.6) is 0 Å². The van der Waals surface area contributed by atoms with Crippen LogP contribution in [0.25, 0.3) is 0 Å². The number of hydrogen-bond acceptors (Lipinski definition) is 3. The first-order valence-electron chi connectivity index (χ1n) is 6.64. The Morgan fingerprint density at radius 3 is 2.89 bits per heavy atom. The van der Waals surface area contributed by atoms with E-state index in [1.807, 2.05) is 0 Å². The summed E-state index contributed by atoms with van der Waals surface area (Å²) in [5, 5.41) is 3.23. The lowest BCUT2D eigenvalue weighted by atomic mass is 9.81. The Hall–Kier alpha value is -0.840. The number of nitrogens with zero attached hydrogens (tertiary/aromatic N) is 1. The summed E-state index contributed by atoms with van der Waals surface area (Å²) in [4.78, 5) is 18.0. The molecule has 1 aromatic rings. The molecule has 18 heavy (non-hydrogen) atoms. The number of halogens is 1. The number of hydrogen-bond donors (Lipinski definition) is 2. The number of rotatable bonds is 4. The molecule has 0 atom stereocenters. The van der Waals surface area contributed by atoms with Crippen molar-refractivity contribution in [1.82, 2.24) is 9.97 Å². The van der Waals surface area contributed by atoms with E-state index in [9.17, 15) is 4.79 Å². The summed E-state index contributed by atoms with van der Waals surface area (Å²) >= 11 is 3.25. The van der Waals surface area contributed by atoms with Crippen LogP contribution in [0.4, 0.5) is 5.82 Å². The van der Waals surface area contributed by atoms with E-state index in [-0.39, 0.29) is 5.56 Å². The van der Waals surface area contributed by atoms with Crippen LogP contribution in [0.2, 0.25) is 0 Å². The molecule has 0 radical (unpaired) electrons. The van der Waals surface area contributed by atoms with Crippen molar-refractivity contribution in [3.8, 4) is 0 Å². The van der Waals surface area contributed by atoms with Gasteiger partial charge in [0.1, 0.15) is 10.3 Å². The largest absolute Gasteiger partial charge is 0.369 e. The monoisotopic (exact) mass is 313 g/mol. The predicted molar refractivity (Wildman–Crippen MR) is 76.8 cm³/mol. The van der Waals surface area contributed by atoms with Crippen molar-refractivity contribution >= 4 is 21.7 Å². The van der Waals surface area contributed by atoms with E-state index in [0.29, 0.717) is 10.3 Å². The summed E-state index contributed by atoms with van der Waals surface area (Å²) in [5.41, 5.74) is -0.140. The van der Waals surface area contributed by atoms with Crippen molar-refractivity contribution < 1.29 is 0 Å². The number of nitrogens with one attached hydrogen (secondary N) is 2.